The molecule has 0 spiro atoms. The van der Waals surface area contributed by atoms with Crippen molar-refractivity contribution in [3.8, 4) is 5.75 Å². The summed E-state index contributed by atoms with van der Waals surface area (Å²) in [5, 5.41) is 5.11. The van der Waals surface area contributed by atoms with Crippen molar-refractivity contribution in [3.05, 3.63) is 24.0 Å². The van der Waals surface area contributed by atoms with Crippen molar-refractivity contribution in [2.45, 2.75) is 6.18 Å². The van der Waals surface area contributed by atoms with Crippen LogP contribution in [0.15, 0.2) is 18.2 Å². The smallest absolute Gasteiger partial charge is 0.422 e. The van der Waals surface area contributed by atoms with Crippen LogP contribution in [-0.2, 0) is 9.53 Å². The Morgan fingerprint density at radius 3 is 2.68 bits per heavy atom. The first-order valence-electron chi connectivity index (χ1n) is 6.30. The fraction of sp³-hybridized carbons (Fsp3) is 0.462. The fourth-order valence-corrected chi connectivity index (χ4v) is 1.45. The first-order chi connectivity index (χ1) is 10.3. The molecule has 5 nitrogen and oxygen atoms in total. The monoisotopic (exact) mass is 324 g/mol. The number of hydrogen-bond donors (Lipinski definition) is 2. The highest BCUT2D eigenvalue weighted by Crippen LogP contribution is 2.27. The summed E-state index contributed by atoms with van der Waals surface area (Å²) in [5.41, 5.74) is -0.0378. The molecular formula is C13H16F4N2O3. The van der Waals surface area contributed by atoms with Crippen LogP contribution in [0.2, 0.25) is 0 Å². The summed E-state index contributed by atoms with van der Waals surface area (Å²) in [4.78, 5) is 11.6. The maximum Gasteiger partial charge on any atom is 0.422 e. The van der Waals surface area contributed by atoms with Gasteiger partial charge in [0.25, 0.3) is 0 Å². The number of carbonyl (C=O) groups excluding carboxylic acids is 1. The van der Waals surface area contributed by atoms with E-state index in [0.717, 1.165) is 18.2 Å². The molecule has 0 saturated carbocycles. The number of rotatable bonds is 8. The van der Waals surface area contributed by atoms with Crippen molar-refractivity contribution >= 4 is 11.6 Å². The predicted molar refractivity (Wildman–Crippen MR) is 71.3 cm³/mol. The molecule has 0 saturated heterocycles. The van der Waals surface area contributed by atoms with Gasteiger partial charge < -0.3 is 20.1 Å². The topological polar surface area (TPSA) is 59.6 Å². The highest BCUT2D eigenvalue weighted by atomic mass is 19.4. The van der Waals surface area contributed by atoms with E-state index in [4.69, 9.17) is 4.74 Å². The van der Waals surface area contributed by atoms with Crippen molar-refractivity contribution in [2.24, 2.45) is 0 Å². The van der Waals surface area contributed by atoms with Crippen LogP contribution in [-0.4, -0.2) is 45.5 Å². The molecule has 0 aromatic heterocycles. The van der Waals surface area contributed by atoms with Crippen molar-refractivity contribution in [1.82, 2.24) is 5.32 Å². The molecule has 0 fully saturated rings. The standard InChI is InChI=1S/C13H16F4N2O3/c1-21-5-4-18-7-12(20)19-10-3-2-9(14)6-11(10)22-8-13(15,16)17/h2-3,6,18H,4-5,7-8H2,1H3,(H,19,20). The quantitative estimate of drug-likeness (QED) is 0.567. The summed E-state index contributed by atoms with van der Waals surface area (Å²) < 4.78 is 58.8. The van der Waals surface area contributed by atoms with E-state index in [9.17, 15) is 22.4 Å². The Balaban J connectivity index is 2.63. The summed E-state index contributed by atoms with van der Waals surface area (Å²) in [6, 6.07) is 2.92. The Hall–Kier alpha value is -1.87. The number of ether oxygens (including phenoxy) is 2. The van der Waals surface area contributed by atoms with Crippen LogP contribution in [0, 0.1) is 5.82 Å². The minimum Gasteiger partial charge on any atom is -0.482 e. The Morgan fingerprint density at radius 2 is 2.05 bits per heavy atom. The van der Waals surface area contributed by atoms with Crippen LogP contribution in [0.25, 0.3) is 0 Å². The van der Waals surface area contributed by atoms with Crippen LogP contribution >= 0.6 is 0 Å². The molecule has 0 unspecified atom stereocenters. The number of hydrogen-bond acceptors (Lipinski definition) is 4. The lowest BCUT2D eigenvalue weighted by Gasteiger charge is -2.14. The van der Waals surface area contributed by atoms with Gasteiger partial charge in [0.2, 0.25) is 5.91 Å². The summed E-state index contributed by atoms with van der Waals surface area (Å²) >= 11 is 0. The van der Waals surface area contributed by atoms with Crippen LogP contribution in [0.4, 0.5) is 23.2 Å². The van der Waals surface area contributed by atoms with E-state index in [-0.39, 0.29) is 18.0 Å². The Labute approximate surface area is 124 Å². The Bertz CT molecular complexity index is 495. The van der Waals surface area contributed by atoms with E-state index in [1.165, 1.54) is 7.11 Å². The zero-order chi connectivity index (χ0) is 16.6. The van der Waals surface area contributed by atoms with E-state index >= 15 is 0 Å². The fourth-order valence-electron chi connectivity index (χ4n) is 1.45. The number of carbonyl (C=O) groups is 1. The minimum atomic E-state index is -4.56. The van der Waals surface area contributed by atoms with Crippen molar-refractivity contribution in [2.75, 3.05) is 38.7 Å². The molecule has 0 heterocycles. The van der Waals surface area contributed by atoms with Crippen molar-refractivity contribution in [1.29, 1.82) is 0 Å². The molecule has 0 aliphatic heterocycles. The average molecular weight is 324 g/mol. The highest BCUT2D eigenvalue weighted by molar-refractivity contribution is 5.93. The zero-order valence-electron chi connectivity index (χ0n) is 11.8. The number of halogens is 4. The first-order valence-corrected chi connectivity index (χ1v) is 6.30. The number of anilines is 1. The number of methoxy groups -OCH3 is 1. The molecule has 1 rings (SSSR count). The van der Waals surface area contributed by atoms with Crippen LogP contribution in [0.3, 0.4) is 0 Å². The molecule has 1 aromatic rings. The van der Waals surface area contributed by atoms with Crippen molar-refractivity contribution in [3.63, 3.8) is 0 Å². The molecule has 0 aliphatic rings. The van der Waals surface area contributed by atoms with Gasteiger partial charge in [0.05, 0.1) is 18.8 Å². The van der Waals surface area contributed by atoms with Crippen LogP contribution < -0.4 is 15.4 Å². The Morgan fingerprint density at radius 1 is 1.32 bits per heavy atom. The predicted octanol–water partition coefficient (Wildman–Crippen LogP) is 1.94. The molecule has 0 radical (unpaired) electrons. The lowest BCUT2D eigenvalue weighted by atomic mass is 10.2. The second-order valence-electron chi connectivity index (χ2n) is 4.26. The van der Waals surface area contributed by atoms with Gasteiger partial charge in [-0.1, -0.05) is 0 Å². The maximum absolute atomic E-state index is 13.1. The number of amides is 1. The van der Waals surface area contributed by atoms with Gasteiger partial charge in [-0.25, -0.2) is 4.39 Å². The summed E-state index contributed by atoms with van der Waals surface area (Å²) in [7, 11) is 1.50. The normalized spacial score (nSPS) is 11.3. The van der Waals surface area contributed by atoms with Gasteiger partial charge in [0, 0.05) is 19.7 Å². The lowest BCUT2D eigenvalue weighted by molar-refractivity contribution is -0.153. The minimum absolute atomic E-state index is 0.0378. The van der Waals surface area contributed by atoms with E-state index in [0.29, 0.717) is 13.2 Å². The molecule has 0 aliphatic carbocycles. The van der Waals surface area contributed by atoms with Crippen LogP contribution in [0.5, 0.6) is 5.75 Å². The van der Waals surface area contributed by atoms with Gasteiger partial charge in [-0.15, -0.1) is 0 Å². The molecule has 124 valence electrons. The third-order valence-corrected chi connectivity index (χ3v) is 2.38. The lowest BCUT2D eigenvalue weighted by Crippen LogP contribution is -2.30. The summed E-state index contributed by atoms with van der Waals surface area (Å²) in [6.07, 6.45) is -4.56. The van der Waals surface area contributed by atoms with Gasteiger partial charge in [-0.2, -0.15) is 13.2 Å². The van der Waals surface area contributed by atoms with E-state index < -0.39 is 24.5 Å². The molecular weight excluding hydrogens is 308 g/mol. The van der Waals surface area contributed by atoms with Gasteiger partial charge in [-0.3, -0.25) is 4.79 Å². The second kappa shape index (κ2) is 8.54. The van der Waals surface area contributed by atoms with Gasteiger partial charge in [-0.05, 0) is 12.1 Å². The molecule has 0 atom stereocenters. The highest BCUT2D eigenvalue weighted by Gasteiger charge is 2.29. The van der Waals surface area contributed by atoms with E-state index in [1.807, 2.05) is 0 Å². The molecule has 0 bridgehead atoms. The molecule has 1 aromatic carbocycles. The average Bonchev–Trinajstić information content (AvgIpc) is 2.43. The molecule has 1 amide bonds. The number of alkyl halides is 3. The largest absolute Gasteiger partial charge is 0.482 e. The van der Waals surface area contributed by atoms with E-state index in [1.54, 1.807) is 0 Å². The molecule has 2 N–H and O–H groups in total. The van der Waals surface area contributed by atoms with Crippen LogP contribution in [0.1, 0.15) is 0 Å². The zero-order valence-corrected chi connectivity index (χ0v) is 11.8. The third kappa shape index (κ3) is 7.23. The van der Waals surface area contributed by atoms with Crippen molar-refractivity contribution < 1.29 is 31.8 Å². The van der Waals surface area contributed by atoms with Gasteiger partial charge in [0.15, 0.2) is 6.61 Å². The van der Waals surface area contributed by atoms with E-state index in [2.05, 4.69) is 15.4 Å². The van der Waals surface area contributed by atoms with Gasteiger partial charge in [0.1, 0.15) is 11.6 Å². The summed E-state index contributed by atoms with van der Waals surface area (Å²) in [6.45, 7) is -0.806. The summed E-state index contributed by atoms with van der Waals surface area (Å²) in [5.74, 6) is -1.66. The number of nitrogens with one attached hydrogen (secondary N) is 2. The first kappa shape index (κ1) is 18.2. The molecule has 9 heteroatoms. The van der Waals surface area contributed by atoms with Gasteiger partial charge >= 0.3 is 6.18 Å². The SMILES string of the molecule is COCCNCC(=O)Nc1ccc(F)cc1OCC(F)(F)F. The molecule has 22 heavy (non-hydrogen) atoms. The maximum atomic E-state index is 13.1. The second-order valence-corrected chi connectivity index (χ2v) is 4.26. The Kier molecular flexibility index (Phi) is 7.06. The number of benzene rings is 1. The third-order valence-electron chi connectivity index (χ3n) is 2.38.